The summed E-state index contributed by atoms with van der Waals surface area (Å²) < 4.78 is 0. The maximum Gasteiger partial charge on any atom is 0.0900 e. The minimum atomic E-state index is 0.768. The summed E-state index contributed by atoms with van der Waals surface area (Å²) in [6, 6.07) is 40.2. The van der Waals surface area contributed by atoms with E-state index in [9.17, 15) is 0 Å². The molecule has 6 aromatic heterocycles. The van der Waals surface area contributed by atoms with Crippen LogP contribution in [0, 0.1) is 0 Å². The number of aromatic nitrogens is 6. The zero-order valence-electron chi connectivity index (χ0n) is 22.5. The van der Waals surface area contributed by atoms with Crippen molar-refractivity contribution < 1.29 is 0 Å². The Bertz CT molecular complexity index is 1960. The largest absolute Gasteiger partial charge is 0.255 e. The van der Waals surface area contributed by atoms with Gasteiger partial charge in [-0.25, -0.2) is 9.97 Å². The van der Waals surface area contributed by atoms with Crippen LogP contribution in [0.1, 0.15) is 0 Å². The van der Waals surface area contributed by atoms with E-state index < -0.39 is 0 Å². The molecule has 7 rings (SSSR count). The Kier molecular flexibility index (Phi) is 6.76. The maximum atomic E-state index is 4.98. The summed E-state index contributed by atoms with van der Waals surface area (Å²) in [5, 5.41) is 0. The van der Waals surface area contributed by atoms with E-state index in [-0.39, 0.29) is 0 Å². The Hall–Kier alpha value is -5.88. The fourth-order valence-electron chi connectivity index (χ4n) is 4.83. The highest BCUT2D eigenvalue weighted by atomic mass is 14.8. The van der Waals surface area contributed by atoms with Gasteiger partial charge in [-0.2, -0.15) is 0 Å². The van der Waals surface area contributed by atoms with E-state index in [2.05, 4.69) is 62.4 Å². The molecule has 0 unspecified atom stereocenters. The number of benzene rings is 1. The van der Waals surface area contributed by atoms with Crippen molar-refractivity contribution in [2.24, 2.45) is 0 Å². The van der Waals surface area contributed by atoms with Gasteiger partial charge in [0.15, 0.2) is 0 Å². The van der Waals surface area contributed by atoms with E-state index in [0.29, 0.717) is 0 Å². The van der Waals surface area contributed by atoms with Gasteiger partial charge in [0.1, 0.15) is 0 Å². The Morgan fingerprint density at radius 2 is 0.690 bits per heavy atom. The minimum absolute atomic E-state index is 0.768. The topological polar surface area (TPSA) is 77.3 Å². The van der Waals surface area contributed by atoms with E-state index >= 15 is 0 Å². The van der Waals surface area contributed by atoms with Crippen molar-refractivity contribution >= 4 is 0 Å². The summed E-state index contributed by atoms with van der Waals surface area (Å²) in [6.07, 6.45) is 7.17. The number of rotatable bonds is 6. The molecular weight excluding hydrogens is 516 g/mol. The molecule has 0 saturated carbocycles. The molecule has 0 radical (unpaired) electrons. The lowest BCUT2D eigenvalue weighted by atomic mass is 9.99. The highest BCUT2D eigenvalue weighted by molar-refractivity contribution is 5.77. The van der Waals surface area contributed by atoms with Crippen LogP contribution >= 0.6 is 0 Å². The van der Waals surface area contributed by atoms with Crippen LogP contribution in [0.2, 0.25) is 0 Å². The molecule has 42 heavy (non-hydrogen) atoms. The quantitative estimate of drug-likeness (QED) is 0.212. The van der Waals surface area contributed by atoms with Crippen molar-refractivity contribution in [3.05, 3.63) is 146 Å². The van der Waals surface area contributed by atoms with E-state index in [1.54, 1.807) is 18.6 Å². The van der Waals surface area contributed by atoms with Crippen LogP contribution in [0.15, 0.2) is 146 Å². The molecule has 6 nitrogen and oxygen atoms in total. The van der Waals surface area contributed by atoms with Crippen LogP contribution in [0.3, 0.4) is 0 Å². The van der Waals surface area contributed by atoms with Gasteiger partial charge >= 0.3 is 0 Å². The van der Waals surface area contributed by atoms with Crippen molar-refractivity contribution in [3.63, 3.8) is 0 Å². The number of hydrogen-bond acceptors (Lipinski definition) is 6. The summed E-state index contributed by atoms with van der Waals surface area (Å²) in [5.74, 6) is 0. The zero-order valence-corrected chi connectivity index (χ0v) is 22.5. The Labute approximate surface area is 243 Å². The van der Waals surface area contributed by atoms with Gasteiger partial charge in [-0.05, 0) is 95.1 Å². The SMILES string of the molecule is c1ccc(-c2cc(-c3ccc(-c4cc(-c5ccccn5)nc(-c5cccc(-c6ccccn6)n5)c4)cc3)ccn2)nc1. The predicted molar refractivity (Wildman–Crippen MR) is 166 cm³/mol. The van der Waals surface area contributed by atoms with Gasteiger partial charge in [0.2, 0.25) is 0 Å². The lowest BCUT2D eigenvalue weighted by Gasteiger charge is -2.11. The van der Waals surface area contributed by atoms with Gasteiger partial charge in [-0.3, -0.25) is 19.9 Å². The number of nitrogens with zero attached hydrogens (tertiary/aromatic N) is 6. The normalized spacial score (nSPS) is 10.9. The van der Waals surface area contributed by atoms with Crippen LogP contribution in [-0.4, -0.2) is 29.9 Å². The first-order chi connectivity index (χ1) is 20.8. The number of pyridine rings is 6. The molecule has 0 spiro atoms. The molecular formula is C36H24N6. The standard InChI is InChI=1S/C36H24N6/c1-4-18-37-29(8-1)32-11-7-12-33(41-32)36-24-28(23-35(42-36)31-10-3-6-20-39-31)26-15-13-25(14-16-26)27-17-21-40-34(22-27)30-9-2-5-19-38-30/h1-24H. The third-order valence-electron chi connectivity index (χ3n) is 6.93. The second kappa shape index (κ2) is 11.3. The van der Waals surface area contributed by atoms with Gasteiger partial charge in [0.05, 0.1) is 45.6 Å². The van der Waals surface area contributed by atoms with Gasteiger partial charge < -0.3 is 0 Å². The van der Waals surface area contributed by atoms with Crippen LogP contribution in [-0.2, 0) is 0 Å². The molecule has 0 atom stereocenters. The zero-order chi connectivity index (χ0) is 28.1. The lowest BCUT2D eigenvalue weighted by Crippen LogP contribution is -1.95. The second-order valence-electron chi connectivity index (χ2n) is 9.69. The minimum Gasteiger partial charge on any atom is -0.255 e. The molecule has 0 amide bonds. The molecule has 0 fully saturated rings. The average Bonchev–Trinajstić information content (AvgIpc) is 3.09. The fraction of sp³-hybridized carbons (Fsp3) is 0. The third-order valence-corrected chi connectivity index (χ3v) is 6.93. The summed E-state index contributed by atoms with van der Waals surface area (Å²) in [6.45, 7) is 0. The smallest absolute Gasteiger partial charge is 0.0900 e. The van der Waals surface area contributed by atoms with Crippen molar-refractivity contribution in [3.8, 4) is 67.8 Å². The van der Waals surface area contributed by atoms with Crippen molar-refractivity contribution in [1.29, 1.82) is 0 Å². The summed E-state index contributed by atoms with van der Waals surface area (Å²) in [4.78, 5) is 27.9. The molecule has 0 N–H and O–H groups in total. The van der Waals surface area contributed by atoms with E-state index in [1.165, 1.54) is 0 Å². The molecule has 6 heteroatoms. The lowest BCUT2D eigenvalue weighted by molar-refractivity contribution is 1.20. The highest BCUT2D eigenvalue weighted by Crippen LogP contribution is 2.32. The van der Waals surface area contributed by atoms with Crippen molar-refractivity contribution in [2.75, 3.05) is 0 Å². The van der Waals surface area contributed by atoms with Crippen LogP contribution in [0.25, 0.3) is 67.8 Å². The molecule has 6 heterocycles. The molecule has 1 aromatic carbocycles. The fourth-order valence-corrected chi connectivity index (χ4v) is 4.83. The molecule has 0 aliphatic rings. The van der Waals surface area contributed by atoms with E-state index in [4.69, 9.17) is 9.97 Å². The molecule has 198 valence electrons. The third kappa shape index (κ3) is 5.29. The van der Waals surface area contributed by atoms with Gasteiger partial charge in [-0.15, -0.1) is 0 Å². The molecule has 0 aliphatic heterocycles. The first kappa shape index (κ1) is 25.1. The average molecular weight is 541 g/mol. The Morgan fingerprint density at radius 3 is 1.29 bits per heavy atom. The summed E-state index contributed by atoms with van der Waals surface area (Å²) in [7, 11) is 0. The molecule has 0 bridgehead atoms. The van der Waals surface area contributed by atoms with Gasteiger partial charge in [-0.1, -0.05) is 48.5 Å². The van der Waals surface area contributed by atoms with Crippen LogP contribution in [0.4, 0.5) is 0 Å². The summed E-state index contributed by atoms with van der Waals surface area (Å²) in [5.41, 5.74) is 10.7. The first-order valence-corrected chi connectivity index (χ1v) is 13.6. The van der Waals surface area contributed by atoms with Crippen LogP contribution in [0.5, 0.6) is 0 Å². The predicted octanol–water partition coefficient (Wildman–Crippen LogP) is 8.06. The van der Waals surface area contributed by atoms with E-state index in [1.807, 2.05) is 85.1 Å². The highest BCUT2D eigenvalue weighted by Gasteiger charge is 2.12. The van der Waals surface area contributed by atoms with E-state index in [0.717, 1.165) is 67.8 Å². The Balaban J connectivity index is 1.28. The molecule has 7 aromatic rings. The Morgan fingerprint density at radius 1 is 0.262 bits per heavy atom. The summed E-state index contributed by atoms with van der Waals surface area (Å²) >= 11 is 0. The molecule has 0 saturated heterocycles. The van der Waals surface area contributed by atoms with Crippen molar-refractivity contribution in [1.82, 2.24) is 29.9 Å². The first-order valence-electron chi connectivity index (χ1n) is 13.6. The van der Waals surface area contributed by atoms with Gasteiger partial charge in [0, 0.05) is 24.8 Å². The van der Waals surface area contributed by atoms with Crippen LogP contribution < -0.4 is 0 Å². The molecule has 0 aliphatic carbocycles. The number of hydrogen-bond donors (Lipinski definition) is 0. The van der Waals surface area contributed by atoms with Crippen molar-refractivity contribution in [2.45, 2.75) is 0 Å². The maximum absolute atomic E-state index is 4.98. The second-order valence-corrected chi connectivity index (χ2v) is 9.69. The van der Waals surface area contributed by atoms with Gasteiger partial charge in [0.25, 0.3) is 0 Å². The monoisotopic (exact) mass is 540 g/mol.